The summed E-state index contributed by atoms with van der Waals surface area (Å²) in [7, 11) is 1.29. The van der Waals surface area contributed by atoms with Gasteiger partial charge in [0.2, 0.25) is 5.78 Å². The number of nitrogens with zero attached hydrogens (tertiary/aromatic N) is 1. The zero-order valence-electron chi connectivity index (χ0n) is 10.3. The van der Waals surface area contributed by atoms with Gasteiger partial charge in [0.15, 0.2) is 0 Å². The molecule has 1 aliphatic heterocycles. The van der Waals surface area contributed by atoms with Crippen LogP contribution in [0.25, 0.3) is 0 Å². The Kier molecular flexibility index (Phi) is 3.49. The maximum Gasteiger partial charge on any atom is 0.403 e. The van der Waals surface area contributed by atoms with Crippen molar-refractivity contribution in [3.05, 3.63) is 24.0 Å². The van der Waals surface area contributed by atoms with Crippen LogP contribution in [0.2, 0.25) is 0 Å². The van der Waals surface area contributed by atoms with E-state index in [2.05, 4.69) is 10.3 Å². The Bertz CT molecular complexity index is 482. The first-order valence-corrected chi connectivity index (χ1v) is 5.73. The van der Waals surface area contributed by atoms with Crippen LogP contribution in [0.15, 0.2) is 18.3 Å². The Morgan fingerprint density at radius 2 is 2.26 bits per heavy atom. The lowest BCUT2D eigenvalue weighted by molar-refractivity contribution is -0.197. The minimum absolute atomic E-state index is 0.0584. The molecule has 2 heterocycles. The minimum atomic E-state index is -4.61. The van der Waals surface area contributed by atoms with Gasteiger partial charge >= 0.3 is 6.18 Å². The predicted molar refractivity (Wildman–Crippen MR) is 61.1 cm³/mol. The summed E-state index contributed by atoms with van der Waals surface area (Å²) in [4.78, 5) is 16.0. The van der Waals surface area contributed by atoms with Crippen molar-refractivity contribution in [2.45, 2.75) is 12.6 Å². The molecule has 1 aromatic heterocycles. The number of halogens is 3. The molecular weight excluding hydrogens is 261 g/mol. The summed E-state index contributed by atoms with van der Waals surface area (Å²) in [6, 6.07) is 2.93. The van der Waals surface area contributed by atoms with Gasteiger partial charge in [-0.05, 0) is 25.1 Å². The van der Waals surface area contributed by atoms with Gasteiger partial charge in [-0.25, -0.2) is 4.98 Å². The highest BCUT2D eigenvalue weighted by molar-refractivity contribution is 6.02. The van der Waals surface area contributed by atoms with Crippen molar-refractivity contribution in [1.82, 2.24) is 10.3 Å². The Morgan fingerprint density at radius 3 is 2.79 bits per heavy atom. The van der Waals surface area contributed by atoms with E-state index in [1.807, 2.05) is 0 Å². The molecule has 1 N–H and O–H groups in total. The topological polar surface area (TPSA) is 51.2 Å². The Hall–Kier alpha value is -1.63. The molecule has 0 spiro atoms. The second kappa shape index (κ2) is 4.80. The summed E-state index contributed by atoms with van der Waals surface area (Å²) >= 11 is 0. The molecule has 1 aromatic rings. The van der Waals surface area contributed by atoms with E-state index in [4.69, 9.17) is 4.74 Å². The lowest BCUT2D eigenvalue weighted by Gasteiger charge is -2.29. The molecule has 19 heavy (non-hydrogen) atoms. The zero-order valence-corrected chi connectivity index (χ0v) is 10.3. The zero-order chi connectivity index (χ0) is 14.1. The number of rotatable bonds is 3. The minimum Gasteiger partial charge on any atom is -0.494 e. The van der Waals surface area contributed by atoms with Crippen LogP contribution < -0.4 is 10.1 Å². The van der Waals surface area contributed by atoms with E-state index in [0.717, 1.165) is 0 Å². The Labute approximate surface area is 108 Å². The van der Waals surface area contributed by atoms with E-state index in [0.29, 0.717) is 0 Å². The Balaban J connectivity index is 2.47. The highest BCUT2D eigenvalue weighted by Gasteiger charge is 2.61. The normalized spacial score (nSPS) is 23.4. The van der Waals surface area contributed by atoms with E-state index >= 15 is 0 Å². The molecule has 1 aliphatic rings. The maximum absolute atomic E-state index is 13.3. The number of ketones is 1. The standard InChI is InChI=1S/C12H13F3N2O2/c1-19-8-3-2-5-17-9(8)10(18)11(12(13,14)15)4-6-16-7-11/h2-3,5,16H,4,6-7H2,1H3. The lowest BCUT2D eigenvalue weighted by atomic mass is 9.80. The summed E-state index contributed by atoms with van der Waals surface area (Å²) in [6.07, 6.45) is -3.62. The highest BCUT2D eigenvalue weighted by atomic mass is 19.4. The molecule has 1 unspecified atom stereocenters. The van der Waals surface area contributed by atoms with Crippen molar-refractivity contribution in [1.29, 1.82) is 0 Å². The lowest BCUT2D eigenvalue weighted by Crippen LogP contribution is -2.47. The second-order valence-electron chi connectivity index (χ2n) is 4.39. The summed E-state index contributed by atoms with van der Waals surface area (Å²) in [5.74, 6) is -0.981. The van der Waals surface area contributed by atoms with Crippen molar-refractivity contribution in [3.8, 4) is 5.75 Å². The van der Waals surface area contributed by atoms with E-state index in [9.17, 15) is 18.0 Å². The molecule has 0 aliphatic carbocycles. The van der Waals surface area contributed by atoms with Gasteiger partial charge in [0.1, 0.15) is 16.9 Å². The fourth-order valence-corrected chi connectivity index (χ4v) is 2.21. The molecule has 2 rings (SSSR count). The monoisotopic (exact) mass is 274 g/mol. The van der Waals surface area contributed by atoms with Crippen molar-refractivity contribution >= 4 is 5.78 Å². The molecule has 7 heteroatoms. The molecule has 1 saturated heterocycles. The third kappa shape index (κ3) is 2.18. The number of methoxy groups -OCH3 is 1. The van der Waals surface area contributed by atoms with Crippen molar-refractivity contribution in [2.75, 3.05) is 20.2 Å². The number of nitrogens with one attached hydrogen (secondary N) is 1. The molecular formula is C12H13F3N2O2. The number of carbonyl (C=O) groups excluding carboxylic acids is 1. The van der Waals surface area contributed by atoms with Crippen LogP contribution in [0, 0.1) is 5.41 Å². The summed E-state index contributed by atoms with van der Waals surface area (Å²) < 4.78 is 44.7. The third-order valence-electron chi connectivity index (χ3n) is 3.34. The molecule has 0 bridgehead atoms. The van der Waals surface area contributed by atoms with Crippen LogP contribution >= 0.6 is 0 Å². The highest BCUT2D eigenvalue weighted by Crippen LogP contribution is 2.45. The van der Waals surface area contributed by atoms with Crippen molar-refractivity contribution < 1.29 is 22.7 Å². The number of hydrogen-bond donors (Lipinski definition) is 1. The number of alkyl halides is 3. The molecule has 1 atom stereocenters. The van der Waals surface area contributed by atoms with Gasteiger partial charge in [-0.15, -0.1) is 0 Å². The van der Waals surface area contributed by atoms with Gasteiger partial charge in [-0.3, -0.25) is 4.79 Å². The van der Waals surface area contributed by atoms with Crippen molar-refractivity contribution in [3.63, 3.8) is 0 Å². The van der Waals surface area contributed by atoms with Gasteiger partial charge in [0, 0.05) is 12.7 Å². The first-order chi connectivity index (χ1) is 8.92. The van der Waals surface area contributed by atoms with Crippen molar-refractivity contribution in [2.24, 2.45) is 5.41 Å². The maximum atomic E-state index is 13.3. The summed E-state index contributed by atoms with van der Waals surface area (Å²) in [5.41, 5.74) is -2.68. The largest absolute Gasteiger partial charge is 0.494 e. The molecule has 0 aromatic carbocycles. The molecule has 0 radical (unpaired) electrons. The van der Waals surface area contributed by atoms with Gasteiger partial charge in [0.25, 0.3) is 0 Å². The quantitative estimate of drug-likeness (QED) is 0.854. The number of hydrogen-bond acceptors (Lipinski definition) is 4. The summed E-state index contributed by atoms with van der Waals surface area (Å²) in [6.45, 7) is -0.268. The van der Waals surface area contributed by atoms with Crippen LogP contribution in [-0.4, -0.2) is 37.1 Å². The van der Waals surface area contributed by atoms with Gasteiger partial charge in [-0.2, -0.15) is 13.2 Å². The SMILES string of the molecule is COc1cccnc1C(=O)C1(C(F)(F)F)CCNC1. The number of Topliss-reactive ketones (excluding diaryl/α,β-unsaturated/α-hetero) is 1. The first-order valence-electron chi connectivity index (χ1n) is 5.73. The Morgan fingerprint density at radius 1 is 1.53 bits per heavy atom. The number of pyridine rings is 1. The number of aromatic nitrogens is 1. The van der Waals surface area contributed by atoms with Gasteiger partial charge in [-0.1, -0.05) is 0 Å². The fraction of sp³-hybridized carbons (Fsp3) is 0.500. The summed E-state index contributed by atoms with van der Waals surface area (Å²) in [5, 5.41) is 2.60. The average molecular weight is 274 g/mol. The third-order valence-corrected chi connectivity index (χ3v) is 3.34. The molecule has 0 saturated carbocycles. The average Bonchev–Trinajstić information content (AvgIpc) is 2.88. The van der Waals surface area contributed by atoms with Crippen LogP contribution in [0.5, 0.6) is 5.75 Å². The van der Waals surface area contributed by atoms with Gasteiger partial charge < -0.3 is 10.1 Å². The van der Waals surface area contributed by atoms with E-state index in [1.165, 1.54) is 25.4 Å². The predicted octanol–water partition coefficient (Wildman–Crippen LogP) is 1.81. The van der Waals surface area contributed by atoms with E-state index in [1.54, 1.807) is 0 Å². The van der Waals surface area contributed by atoms with Gasteiger partial charge in [0.05, 0.1) is 7.11 Å². The smallest absolute Gasteiger partial charge is 0.403 e. The second-order valence-corrected chi connectivity index (χ2v) is 4.39. The van der Waals surface area contributed by atoms with Crippen LogP contribution in [0.1, 0.15) is 16.9 Å². The first kappa shape index (κ1) is 13.8. The van der Waals surface area contributed by atoms with Crippen LogP contribution in [0.4, 0.5) is 13.2 Å². The molecule has 104 valence electrons. The van der Waals surface area contributed by atoms with E-state index in [-0.39, 0.29) is 24.4 Å². The molecule has 1 fully saturated rings. The van der Waals surface area contributed by atoms with Crippen LogP contribution in [0.3, 0.4) is 0 Å². The molecule has 0 amide bonds. The molecule has 4 nitrogen and oxygen atoms in total. The van der Waals surface area contributed by atoms with Crippen LogP contribution in [-0.2, 0) is 0 Å². The number of carbonyl (C=O) groups is 1. The fourth-order valence-electron chi connectivity index (χ4n) is 2.21. The van der Waals surface area contributed by atoms with E-state index < -0.39 is 23.9 Å². The number of ether oxygens (including phenoxy) is 1.